The average Bonchev–Trinajstić information content (AvgIpc) is 3.90. The van der Waals surface area contributed by atoms with E-state index >= 15 is 0 Å². The van der Waals surface area contributed by atoms with Crippen LogP contribution >= 0.6 is 12.2 Å². The van der Waals surface area contributed by atoms with Crippen LogP contribution in [0.3, 0.4) is 0 Å². The van der Waals surface area contributed by atoms with Gasteiger partial charge in [-0.15, -0.1) is 0 Å². The maximum atomic E-state index is 11.0. The SMILES string of the molecule is CC.CC1C(=O)N(C)C(=O)N1C.Cc1ccnc(C)n1.Cc1ccnc(C)n1.Cc1ncnc(C)n1.Cc1nn(C)c(=O)n1C.Cn1ccnc1.Cn1cnn(C)c1=S. The number of likely N-dealkylation sites (N-methyl/N-ethyl adjacent to an activating group) is 2. The monoisotopic (exact) mass is 835 g/mol. The Morgan fingerprint density at radius 3 is 1.29 bits per heavy atom. The number of hydrogen-bond donors (Lipinski definition) is 0. The molecule has 20 nitrogen and oxygen atoms in total. The van der Waals surface area contributed by atoms with Crippen molar-refractivity contribution in [2.45, 2.75) is 75.3 Å². The summed E-state index contributed by atoms with van der Waals surface area (Å²) in [5.41, 5.74) is 1.97. The number of urea groups is 1. The lowest BCUT2D eigenvalue weighted by Gasteiger charge is -2.09. The first-order chi connectivity index (χ1) is 27.7. The van der Waals surface area contributed by atoms with Crippen molar-refractivity contribution in [3.05, 3.63) is 112 Å². The average molecular weight is 836 g/mol. The van der Waals surface area contributed by atoms with Gasteiger partial charge in [-0.25, -0.2) is 58.8 Å². The summed E-state index contributed by atoms with van der Waals surface area (Å²) in [5.74, 6) is 3.83. The summed E-state index contributed by atoms with van der Waals surface area (Å²) in [6.07, 6.45) is 12.1. The quantitative estimate of drug-likeness (QED) is 0.157. The molecule has 6 aromatic heterocycles. The lowest BCUT2D eigenvalue weighted by molar-refractivity contribution is -0.126. The highest BCUT2D eigenvalue weighted by Gasteiger charge is 2.37. The summed E-state index contributed by atoms with van der Waals surface area (Å²) in [6.45, 7) is 18.9. The van der Waals surface area contributed by atoms with E-state index in [1.165, 1.54) is 27.5 Å². The van der Waals surface area contributed by atoms with E-state index in [2.05, 4.69) is 50.1 Å². The normalized spacial score (nSPS) is 12.1. The highest BCUT2D eigenvalue weighted by molar-refractivity contribution is 7.71. The number of nitrogens with zero attached hydrogens (tertiary/aromatic N) is 17. The zero-order chi connectivity index (χ0) is 45.4. The van der Waals surface area contributed by atoms with Gasteiger partial charge in [0.25, 0.3) is 5.91 Å². The van der Waals surface area contributed by atoms with Crippen molar-refractivity contribution < 1.29 is 9.59 Å². The van der Waals surface area contributed by atoms with Gasteiger partial charge in [0.15, 0.2) is 4.77 Å². The molecule has 59 heavy (non-hydrogen) atoms. The Balaban J connectivity index is 0.000000663. The Kier molecular flexibility index (Phi) is 24.3. The summed E-state index contributed by atoms with van der Waals surface area (Å²) in [4.78, 5) is 66.7. The van der Waals surface area contributed by atoms with E-state index in [0.717, 1.165) is 50.2 Å². The van der Waals surface area contributed by atoms with Crippen LogP contribution in [0.4, 0.5) is 4.79 Å². The van der Waals surface area contributed by atoms with Crippen LogP contribution in [0.2, 0.25) is 0 Å². The number of aryl methyl sites for hydroxylation is 11. The number of imide groups is 1. The standard InChI is InChI=1S/C6H10N2O2.2C6H8N2.C5H9N3O.C5H7N3.C4H7N3S.C4H6N2.C2H6/c1-4-5(9)8(3)6(10)7(4)2;2*1-5-3-4-7-6(2)8-5;1-4-6-8(3)5(9)7(4)2;1-4-6-3-7-5(2)8-4;1-6-3-5-7(2)4(6)8;1-6-3-2-5-4-6;1-2/h4H,1-3H3;2*3-4H,1-2H3;1-3H3;2*3H,1-2H3;2-4H,1H3;1-2H3. The van der Waals surface area contributed by atoms with E-state index < -0.39 is 0 Å². The third kappa shape index (κ3) is 20.0. The summed E-state index contributed by atoms with van der Waals surface area (Å²) in [7, 11) is 12.1. The zero-order valence-corrected chi connectivity index (χ0v) is 38.3. The molecule has 6 aromatic rings. The van der Waals surface area contributed by atoms with E-state index in [1.54, 1.807) is 75.5 Å². The molecule has 3 amide bonds. The van der Waals surface area contributed by atoms with Crippen molar-refractivity contribution in [2.24, 2.45) is 35.2 Å². The van der Waals surface area contributed by atoms with Gasteiger partial charge in [0, 0.05) is 85.5 Å². The van der Waals surface area contributed by atoms with Crippen LogP contribution in [-0.2, 0) is 40.0 Å². The number of imidazole rings is 1. The van der Waals surface area contributed by atoms with E-state index in [0.29, 0.717) is 0 Å². The van der Waals surface area contributed by atoms with Gasteiger partial charge in [0.1, 0.15) is 47.8 Å². The molecule has 21 heteroatoms. The van der Waals surface area contributed by atoms with Crippen LogP contribution in [0.5, 0.6) is 0 Å². The minimum absolute atomic E-state index is 0.0764. The van der Waals surface area contributed by atoms with Gasteiger partial charge in [-0.05, 0) is 79.7 Å². The van der Waals surface area contributed by atoms with E-state index in [-0.39, 0.29) is 23.7 Å². The lowest BCUT2D eigenvalue weighted by Crippen LogP contribution is -2.28. The van der Waals surface area contributed by atoms with Gasteiger partial charge < -0.3 is 14.0 Å². The van der Waals surface area contributed by atoms with Crippen LogP contribution in [0.1, 0.15) is 61.3 Å². The predicted molar refractivity (Wildman–Crippen MR) is 228 cm³/mol. The minimum atomic E-state index is -0.294. The Hall–Kier alpha value is -6.38. The number of carbonyl (C=O) groups is 2. The van der Waals surface area contributed by atoms with Crippen LogP contribution < -0.4 is 5.69 Å². The van der Waals surface area contributed by atoms with Crippen LogP contribution in [0.15, 0.2) is 60.7 Å². The molecular weight excluding hydrogens is 775 g/mol. The number of aromatic nitrogens is 15. The molecule has 0 saturated carbocycles. The van der Waals surface area contributed by atoms with Gasteiger partial charge in [-0.1, -0.05) is 13.8 Å². The predicted octanol–water partition coefficient (Wildman–Crippen LogP) is 3.94. The second-order valence-electron chi connectivity index (χ2n) is 12.4. The maximum Gasteiger partial charge on any atom is 0.345 e. The van der Waals surface area contributed by atoms with Gasteiger partial charge >= 0.3 is 11.7 Å². The Morgan fingerprint density at radius 2 is 1.14 bits per heavy atom. The second-order valence-corrected chi connectivity index (χ2v) is 12.8. The molecule has 1 saturated heterocycles. The summed E-state index contributed by atoms with van der Waals surface area (Å²) < 4.78 is 8.88. The number of carbonyl (C=O) groups excluding carboxylic acids is 2. The van der Waals surface area contributed by atoms with Crippen molar-refractivity contribution in [3.8, 4) is 0 Å². The molecule has 0 aromatic carbocycles. The molecular formula is C38H61N17O3S. The molecule has 0 spiro atoms. The molecule has 1 aliphatic heterocycles. The number of hydrogen-bond acceptors (Lipinski definition) is 14. The fourth-order valence-electron chi connectivity index (χ4n) is 4.07. The molecule has 1 fully saturated rings. The molecule has 1 unspecified atom stereocenters. The Bertz CT molecular complexity index is 2050. The molecule has 1 atom stereocenters. The van der Waals surface area contributed by atoms with Gasteiger partial charge in [0.2, 0.25) is 0 Å². The lowest BCUT2D eigenvalue weighted by atomic mass is 10.3. The van der Waals surface area contributed by atoms with Gasteiger partial charge in [0.05, 0.1) is 6.33 Å². The number of rotatable bonds is 0. The summed E-state index contributed by atoms with van der Waals surface area (Å²) in [5, 5.41) is 7.77. The van der Waals surface area contributed by atoms with Gasteiger partial charge in [-0.3, -0.25) is 14.3 Å². The van der Waals surface area contributed by atoms with Crippen LogP contribution in [0.25, 0.3) is 0 Å². The number of amides is 3. The fourth-order valence-corrected chi connectivity index (χ4v) is 4.16. The van der Waals surface area contributed by atoms with Crippen molar-refractivity contribution in [1.82, 2.24) is 82.9 Å². The third-order valence-electron chi connectivity index (χ3n) is 7.46. The van der Waals surface area contributed by atoms with Crippen LogP contribution in [0, 0.1) is 53.2 Å². The smallest absolute Gasteiger partial charge is 0.341 e. The molecule has 1 aliphatic rings. The van der Waals surface area contributed by atoms with E-state index in [1.807, 2.05) is 99.4 Å². The van der Waals surface area contributed by atoms with Crippen molar-refractivity contribution in [1.29, 1.82) is 0 Å². The highest BCUT2D eigenvalue weighted by Crippen LogP contribution is 2.11. The van der Waals surface area contributed by atoms with Crippen molar-refractivity contribution >= 4 is 24.2 Å². The molecule has 7 heterocycles. The maximum absolute atomic E-state index is 11.0. The molecule has 0 bridgehead atoms. The minimum Gasteiger partial charge on any atom is -0.341 e. The van der Waals surface area contributed by atoms with Crippen molar-refractivity contribution in [3.63, 3.8) is 0 Å². The molecule has 322 valence electrons. The first-order valence-electron chi connectivity index (χ1n) is 18.4. The Morgan fingerprint density at radius 1 is 0.644 bits per heavy atom. The molecule has 0 aliphatic carbocycles. The first kappa shape index (κ1) is 52.6. The largest absolute Gasteiger partial charge is 0.345 e. The summed E-state index contributed by atoms with van der Waals surface area (Å²) in [6, 6.07) is 3.25. The van der Waals surface area contributed by atoms with Gasteiger partial charge in [-0.2, -0.15) is 10.2 Å². The molecule has 7 rings (SSSR count). The molecule has 0 radical (unpaired) electrons. The fraction of sp³-hybridized carbons (Fsp3) is 0.474. The van der Waals surface area contributed by atoms with Crippen LogP contribution in [-0.4, -0.2) is 115 Å². The molecule has 0 N–H and O–H groups in total. The highest BCUT2D eigenvalue weighted by atomic mass is 32.1. The topological polar surface area (TPSA) is 211 Å². The summed E-state index contributed by atoms with van der Waals surface area (Å²) >= 11 is 4.89. The first-order valence-corrected chi connectivity index (χ1v) is 18.8. The van der Waals surface area contributed by atoms with E-state index in [4.69, 9.17) is 12.2 Å². The van der Waals surface area contributed by atoms with E-state index in [9.17, 15) is 14.4 Å². The third-order valence-corrected chi connectivity index (χ3v) is 8.01. The van der Waals surface area contributed by atoms with Crippen molar-refractivity contribution in [2.75, 3.05) is 14.1 Å². The zero-order valence-electron chi connectivity index (χ0n) is 37.5. The Labute approximate surface area is 352 Å². The second kappa shape index (κ2) is 27.3.